The Bertz CT molecular complexity index is 540. The van der Waals surface area contributed by atoms with Crippen molar-refractivity contribution in [2.75, 3.05) is 13.7 Å². The molecule has 4 nitrogen and oxygen atoms in total. The summed E-state index contributed by atoms with van der Waals surface area (Å²) in [6, 6.07) is 8.23. The monoisotopic (exact) mass is 259 g/mol. The first-order valence-electron chi connectivity index (χ1n) is 6.60. The van der Waals surface area contributed by atoms with Gasteiger partial charge in [-0.1, -0.05) is 24.3 Å². The first-order valence-corrected chi connectivity index (χ1v) is 6.60. The Morgan fingerprint density at radius 3 is 2.95 bits per heavy atom. The minimum absolute atomic E-state index is 0.0118. The normalized spacial score (nSPS) is 29.3. The first-order chi connectivity index (χ1) is 9.16. The summed E-state index contributed by atoms with van der Waals surface area (Å²) in [5.41, 5.74) is 2.25. The van der Waals surface area contributed by atoms with Crippen molar-refractivity contribution in [3.63, 3.8) is 0 Å². The van der Waals surface area contributed by atoms with Crippen molar-refractivity contribution >= 4 is 11.8 Å². The minimum atomic E-state index is -0.650. The van der Waals surface area contributed by atoms with Gasteiger partial charge in [0.1, 0.15) is 5.92 Å². The molecule has 0 bridgehead atoms. The average Bonchev–Trinajstić information content (AvgIpc) is 2.78. The second-order valence-electron chi connectivity index (χ2n) is 5.34. The van der Waals surface area contributed by atoms with E-state index in [9.17, 15) is 9.59 Å². The van der Waals surface area contributed by atoms with Gasteiger partial charge in [-0.3, -0.25) is 9.59 Å². The van der Waals surface area contributed by atoms with Crippen LogP contribution in [0.5, 0.6) is 0 Å². The Hall–Kier alpha value is -1.68. The second-order valence-corrected chi connectivity index (χ2v) is 5.34. The van der Waals surface area contributed by atoms with E-state index in [4.69, 9.17) is 0 Å². The van der Waals surface area contributed by atoms with Crippen molar-refractivity contribution in [2.24, 2.45) is 5.92 Å². The minimum Gasteiger partial charge on any atom is -0.468 e. The number of methoxy groups -OCH3 is 1. The quantitative estimate of drug-likeness (QED) is 0.608. The lowest BCUT2D eigenvalue weighted by Gasteiger charge is -2.37. The van der Waals surface area contributed by atoms with Gasteiger partial charge in [0.2, 0.25) is 0 Å². The number of hydrogen-bond acceptors (Lipinski definition) is 4. The molecule has 1 saturated heterocycles. The van der Waals surface area contributed by atoms with E-state index >= 15 is 0 Å². The fraction of sp³-hybridized carbons (Fsp3) is 0.467. The van der Waals surface area contributed by atoms with Crippen molar-refractivity contribution in [2.45, 2.75) is 24.8 Å². The molecule has 4 heteroatoms. The van der Waals surface area contributed by atoms with Crippen LogP contribution in [-0.2, 0) is 26.3 Å². The van der Waals surface area contributed by atoms with Gasteiger partial charge in [-0.2, -0.15) is 0 Å². The maximum absolute atomic E-state index is 12.2. The van der Waals surface area contributed by atoms with Crippen molar-refractivity contribution in [3.05, 3.63) is 35.4 Å². The third kappa shape index (κ3) is 1.87. The number of rotatable bonds is 1. The topological polar surface area (TPSA) is 55.4 Å². The molecule has 2 unspecified atom stereocenters. The Morgan fingerprint density at radius 2 is 2.21 bits per heavy atom. The Balaban J connectivity index is 1.87. The molecule has 3 rings (SSSR count). The van der Waals surface area contributed by atoms with E-state index in [-0.39, 0.29) is 11.3 Å². The predicted molar refractivity (Wildman–Crippen MR) is 69.6 cm³/mol. The van der Waals surface area contributed by atoms with E-state index in [1.54, 1.807) is 0 Å². The molecule has 1 N–H and O–H groups in total. The zero-order chi connectivity index (χ0) is 13.5. The van der Waals surface area contributed by atoms with Gasteiger partial charge in [0.25, 0.3) is 0 Å². The fourth-order valence-electron chi connectivity index (χ4n) is 3.31. The summed E-state index contributed by atoms with van der Waals surface area (Å²) >= 11 is 0. The molecule has 0 aromatic heterocycles. The number of benzene rings is 1. The number of hydrogen-bond donors (Lipinski definition) is 1. The van der Waals surface area contributed by atoms with Crippen LogP contribution in [0.25, 0.3) is 0 Å². The number of nitrogens with one attached hydrogen (secondary N) is 1. The summed E-state index contributed by atoms with van der Waals surface area (Å²) in [5, 5.41) is 3.42. The molecular formula is C15H17NO3. The number of piperidine rings is 1. The van der Waals surface area contributed by atoms with Crippen LogP contribution in [0, 0.1) is 5.92 Å². The molecule has 1 spiro atoms. The van der Waals surface area contributed by atoms with E-state index in [1.165, 1.54) is 18.2 Å². The molecule has 1 heterocycles. The molecule has 0 saturated carbocycles. The zero-order valence-corrected chi connectivity index (χ0v) is 10.9. The molecule has 1 fully saturated rings. The zero-order valence-electron chi connectivity index (χ0n) is 10.9. The Kier molecular flexibility index (Phi) is 2.90. The SMILES string of the molecule is COC(=O)C1CNC2(CCc3ccccc32)CC1=O. The van der Waals surface area contributed by atoms with Crippen molar-refractivity contribution in [3.8, 4) is 0 Å². The van der Waals surface area contributed by atoms with Crippen LogP contribution in [0.15, 0.2) is 24.3 Å². The number of ketones is 1. The molecule has 1 aliphatic carbocycles. The van der Waals surface area contributed by atoms with E-state index in [0.717, 1.165) is 12.8 Å². The lowest BCUT2D eigenvalue weighted by Crippen LogP contribution is -2.53. The highest BCUT2D eigenvalue weighted by molar-refractivity contribution is 6.00. The van der Waals surface area contributed by atoms with Crippen LogP contribution in [0.3, 0.4) is 0 Å². The molecule has 1 aliphatic heterocycles. The molecule has 100 valence electrons. The largest absolute Gasteiger partial charge is 0.468 e. The number of esters is 1. The van der Waals surface area contributed by atoms with Crippen molar-refractivity contribution in [1.29, 1.82) is 0 Å². The van der Waals surface area contributed by atoms with Crippen LogP contribution in [0.4, 0.5) is 0 Å². The van der Waals surface area contributed by atoms with Gasteiger partial charge in [0, 0.05) is 13.0 Å². The maximum atomic E-state index is 12.2. The average molecular weight is 259 g/mol. The number of aryl methyl sites for hydroxylation is 1. The van der Waals surface area contributed by atoms with Crippen molar-refractivity contribution in [1.82, 2.24) is 5.32 Å². The van der Waals surface area contributed by atoms with Gasteiger partial charge in [0.05, 0.1) is 12.6 Å². The molecule has 0 amide bonds. The summed E-state index contributed by atoms with van der Waals surface area (Å²) in [7, 11) is 1.32. The highest BCUT2D eigenvalue weighted by atomic mass is 16.5. The molecule has 1 aromatic rings. The molecule has 2 aliphatic rings. The molecule has 2 atom stereocenters. The van der Waals surface area contributed by atoms with Crippen LogP contribution in [0.1, 0.15) is 24.0 Å². The third-order valence-electron chi connectivity index (χ3n) is 4.35. The standard InChI is InChI=1S/C15H17NO3/c1-19-14(18)11-9-16-15(8-13(11)17)7-6-10-4-2-3-5-12(10)15/h2-5,11,16H,6-9H2,1H3. The predicted octanol–water partition coefficient (Wildman–Crippen LogP) is 1.18. The molecular weight excluding hydrogens is 242 g/mol. The van der Waals surface area contributed by atoms with Gasteiger partial charge in [-0.05, 0) is 24.0 Å². The first kappa shape index (κ1) is 12.4. The van der Waals surface area contributed by atoms with E-state index in [2.05, 4.69) is 22.2 Å². The number of Topliss-reactive ketones (excluding diaryl/α,β-unsaturated/α-hetero) is 1. The van der Waals surface area contributed by atoms with Gasteiger partial charge in [-0.25, -0.2) is 0 Å². The summed E-state index contributed by atoms with van der Waals surface area (Å²) in [6.45, 7) is 0.375. The fourth-order valence-corrected chi connectivity index (χ4v) is 3.31. The Labute approximate surface area is 112 Å². The van der Waals surface area contributed by atoms with Gasteiger partial charge < -0.3 is 10.1 Å². The second kappa shape index (κ2) is 4.46. The van der Waals surface area contributed by atoms with E-state index in [0.29, 0.717) is 13.0 Å². The highest BCUT2D eigenvalue weighted by Gasteiger charge is 2.46. The lowest BCUT2D eigenvalue weighted by molar-refractivity contribution is -0.151. The summed E-state index contributed by atoms with van der Waals surface area (Å²) < 4.78 is 4.68. The number of ether oxygens (including phenoxy) is 1. The smallest absolute Gasteiger partial charge is 0.317 e. The highest BCUT2D eigenvalue weighted by Crippen LogP contribution is 2.42. The van der Waals surface area contributed by atoms with Crippen molar-refractivity contribution < 1.29 is 14.3 Å². The van der Waals surface area contributed by atoms with Crippen LogP contribution in [-0.4, -0.2) is 25.4 Å². The summed E-state index contributed by atoms with van der Waals surface area (Å²) in [6.07, 6.45) is 2.29. The number of carbonyl (C=O) groups excluding carboxylic acids is 2. The lowest BCUT2D eigenvalue weighted by atomic mass is 9.79. The van der Waals surface area contributed by atoms with Crippen LogP contribution < -0.4 is 5.32 Å². The van der Waals surface area contributed by atoms with E-state index in [1.807, 2.05) is 12.1 Å². The molecule has 1 aromatic carbocycles. The number of fused-ring (bicyclic) bond motifs is 2. The maximum Gasteiger partial charge on any atom is 0.317 e. The number of carbonyl (C=O) groups is 2. The molecule has 0 radical (unpaired) electrons. The molecule has 19 heavy (non-hydrogen) atoms. The van der Waals surface area contributed by atoms with E-state index < -0.39 is 11.9 Å². The van der Waals surface area contributed by atoms with Gasteiger partial charge in [-0.15, -0.1) is 0 Å². The Morgan fingerprint density at radius 1 is 1.42 bits per heavy atom. The van der Waals surface area contributed by atoms with Crippen LogP contribution >= 0.6 is 0 Å². The van der Waals surface area contributed by atoms with Gasteiger partial charge >= 0.3 is 5.97 Å². The van der Waals surface area contributed by atoms with Gasteiger partial charge in [0.15, 0.2) is 5.78 Å². The third-order valence-corrected chi connectivity index (χ3v) is 4.35. The van der Waals surface area contributed by atoms with Crippen LogP contribution in [0.2, 0.25) is 0 Å². The summed E-state index contributed by atoms with van der Waals surface area (Å²) in [5.74, 6) is -1.09. The summed E-state index contributed by atoms with van der Waals surface area (Å²) in [4.78, 5) is 23.8.